The zero-order chi connectivity index (χ0) is 21.4. The molecule has 2 aliphatic rings. The maximum absolute atomic E-state index is 12.9. The molecular weight excluding hydrogens is 440 g/mol. The van der Waals surface area contributed by atoms with Crippen LogP contribution in [0.5, 0.6) is 0 Å². The van der Waals surface area contributed by atoms with E-state index in [1.807, 2.05) is 44.0 Å². The standard InChI is InChI=1S/C22H30BrF2N3O/c1-14(2)28(3)20(26)27-22(13-29)18-11-17(23)5-4-16(18)12-21(22)8-6-15(7-9-21)10-19(24)25/h4-5,11,13-15,19H,6-10,12H2,1-3H3,(H2,26,27). The maximum atomic E-state index is 12.9. The van der Waals surface area contributed by atoms with Gasteiger partial charge >= 0.3 is 0 Å². The first-order valence-electron chi connectivity index (χ1n) is 10.3. The minimum absolute atomic E-state index is 0.0000829. The Kier molecular flexibility index (Phi) is 6.37. The Morgan fingerprint density at radius 1 is 1.38 bits per heavy atom. The van der Waals surface area contributed by atoms with E-state index < -0.39 is 17.4 Å². The largest absolute Gasteiger partial charge is 0.370 e. The van der Waals surface area contributed by atoms with Crippen LogP contribution in [0.1, 0.15) is 57.1 Å². The lowest BCUT2D eigenvalue weighted by Gasteiger charge is -2.45. The number of aldehydes is 1. The van der Waals surface area contributed by atoms with Crippen molar-refractivity contribution >= 4 is 28.2 Å². The van der Waals surface area contributed by atoms with Gasteiger partial charge in [0.2, 0.25) is 6.43 Å². The second-order valence-electron chi connectivity index (χ2n) is 8.89. The highest BCUT2D eigenvalue weighted by atomic mass is 79.9. The van der Waals surface area contributed by atoms with Crippen molar-refractivity contribution in [1.29, 1.82) is 0 Å². The summed E-state index contributed by atoms with van der Waals surface area (Å²) in [5.41, 5.74) is 6.81. The Morgan fingerprint density at radius 2 is 2.03 bits per heavy atom. The van der Waals surface area contributed by atoms with E-state index in [1.54, 1.807) is 0 Å². The van der Waals surface area contributed by atoms with E-state index in [2.05, 4.69) is 15.9 Å². The van der Waals surface area contributed by atoms with Gasteiger partial charge in [-0.2, -0.15) is 0 Å². The fourth-order valence-electron chi connectivity index (χ4n) is 5.04. The highest BCUT2D eigenvalue weighted by Gasteiger charge is 2.59. The number of fused-ring (bicyclic) bond motifs is 1. The summed E-state index contributed by atoms with van der Waals surface area (Å²) >= 11 is 3.52. The summed E-state index contributed by atoms with van der Waals surface area (Å²) in [7, 11) is 1.87. The van der Waals surface area contributed by atoms with Crippen LogP contribution >= 0.6 is 15.9 Å². The summed E-state index contributed by atoms with van der Waals surface area (Å²) in [6.45, 7) is 4.03. The van der Waals surface area contributed by atoms with Crippen LogP contribution in [0, 0.1) is 11.3 Å². The van der Waals surface area contributed by atoms with Crippen LogP contribution in [0.3, 0.4) is 0 Å². The van der Waals surface area contributed by atoms with Crippen molar-refractivity contribution in [1.82, 2.24) is 4.90 Å². The first kappa shape index (κ1) is 22.2. The molecule has 7 heteroatoms. The summed E-state index contributed by atoms with van der Waals surface area (Å²) in [6, 6.07) is 6.12. The smallest absolute Gasteiger partial charge is 0.238 e. The van der Waals surface area contributed by atoms with Gasteiger partial charge in [-0.3, -0.25) is 0 Å². The van der Waals surface area contributed by atoms with Crippen molar-refractivity contribution in [2.24, 2.45) is 22.1 Å². The molecule has 1 aromatic carbocycles. The van der Waals surface area contributed by atoms with E-state index >= 15 is 0 Å². The molecule has 3 rings (SSSR count). The van der Waals surface area contributed by atoms with E-state index in [9.17, 15) is 13.6 Å². The molecule has 0 aromatic heterocycles. The Morgan fingerprint density at radius 3 is 2.59 bits per heavy atom. The second kappa shape index (κ2) is 8.32. The highest BCUT2D eigenvalue weighted by Crippen LogP contribution is 2.60. The van der Waals surface area contributed by atoms with E-state index in [1.165, 1.54) is 0 Å². The van der Waals surface area contributed by atoms with Gasteiger partial charge in [0.15, 0.2) is 17.8 Å². The number of benzene rings is 1. The van der Waals surface area contributed by atoms with Crippen LogP contribution in [0.25, 0.3) is 0 Å². The summed E-state index contributed by atoms with van der Waals surface area (Å²) in [5, 5.41) is 0. The topological polar surface area (TPSA) is 58.7 Å². The van der Waals surface area contributed by atoms with Crippen molar-refractivity contribution in [2.45, 2.75) is 70.4 Å². The third-order valence-electron chi connectivity index (χ3n) is 6.99. The number of hydrogen-bond donors (Lipinski definition) is 1. The maximum Gasteiger partial charge on any atom is 0.238 e. The number of alkyl halides is 2. The van der Waals surface area contributed by atoms with Gasteiger partial charge in [-0.05, 0) is 75.1 Å². The molecule has 29 heavy (non-hydrogen) atoms. The third-order valence-corrected chi connectivity index (χ3v) is 7.48. The van der Waals surface area contributed by atoms with Crippen LogP contribution in [0.15, 0.2) is 27.7 Å². The lowest BCUT2D eigenvalue weighted by molar-refractivity contribution is -0.118. The molecule has 2 aliphatic carbocycles. The molecule has 0 heterocycles. The third kappa shape index (κ3) is 3.94. The second-order valence-corrected chi connectivity index (χ2v) is 9.80. The summed E-state index contributed by atoms with van der Waals surface area (Å²) < 4.78 is 26.7. The van der Waals surface area contributed by atoms with Crippen molar-refractivity contribution in [3.05, 3.63) is 33.8 Å². The number of aliphatic imine (C=N–C) groups is 1. The van der Waals surface area contributed by atoms with Crippen LogP contribution in [-0.4, -0.2) is 36.7 Å². The van der Waals surface area contributed by atoms with E-state index in [0.717, 1.165) is 28.3 Å². The first-order chi connectivity index (χ1) is 13.6. The average Bonchev–Trinajstić information content (AvgIpc) is 2.92. The molecule has 0 saturated heterocycles. The molecule has 0 aliphatic heterocycles. The molecule has 1 aromatic rings. The quantitative estimate of drug-likeness (QED) is 0.379. The molecular formula is C22H30BrF2N3O. The van der Waals surface area contributed by atoms with Gasteiger partial charge in [-0.1, -0.05) is 22.0 Å². The van der Waals surface area contributed by atoms with Gasteiger partial charge in [-0.25, -0.2) is 13.8 Å². The number of rotatable bonds is 5. The first-order valence-corrected chi connectivity index (χ1v) is 11.0. The fourth-order valence-corrected chi connectivity index (χ4v) is 5.40. The molecule has 4 nitrogen and oxygen atoms in total. The molecule has 1 saturated carbocycles. The molecule has 160 valence electrons. The molecule has 0 radical (unpaired) electrons. The fraction of sp³-hybridized carbons (Fsp3) is 0.636. The van der Waals surface area contributed by atoms with Gasteiger partial charge in [0.1, 0.15) is 0 Å². The van der Waals surface area contributed by atoms with Gasteiger partial charge < -0.3 is 15.4 Å². The van der Waals surface area contributed by atoms with Gasteiger partial charge in [0.25, 0.3) is 0 Å². The SMILES string of the molecule is CC(C)N(C)C(N)=NC1(C=O)c2cc(Br)ccc2CC12CCC(CC(F)F)CC2. The number of nitrogens with zero attached hydrogens (tertiary/aromatic N) is 2. The van der Waals surface area contributed by atoms with E-state index in [0.29, 0.717) is 31.6 Å². The van der Waals surface area contributed by atoms with Crippen LogP contribution in [0.2, 0.25) is 0 Å². The minimum Gasteiger partial charge on any atom is -0.370 e. The molecule has 0 amide bonds. The normalized spacial score (nSPS) is 29.5. The Hall–Kier alpha value is -1.50. The van der Waals surface area contributed by atoms with Gasteiger partial charge in [0.05, 0.1) is 0 Å². The number of halogens is 3. The van der Waals surface area contributed by atoms with E-state index in [-0.39, 0.29) is 18.4 Å². The van der Waals surface area contributed by atoms with Crippen molar-refractivity contribution < 1.29 is 13.6 Å². The van der Waals surface area contributed by atoms with Crippen LogP contribution < -0.4 is 5.73 Å². The summed E-state index contributed by atoms with van der Waals surface area (Å²) in [5.74, 6) is 0.328. The number of nitrogens with two attached hydrogens (primary N) is 1. The lowest BCUT2D eigenvalue weighted by Crippen LogP contribution is -2.49. The van der Waals surface area contributed by atoms with Gasteiger partial charge in [0, 0.05) is 29.4 Å². The van der Waals surface area contributed by atoms with Crippen LogP contribution in [0.4, 0.5) is 8.78 Å². The minimum atomic E-state index is -2.28. The highest BCUT2D eigenvalue weighted by molar-refractivity contribution is 9.10. The van der Waals surface area contributed by atoms with Crippen molar-refractivity contribution in [2.75, 3.05) is 7.05 Å². The van der Waals surface area contributed by atoms with Gasteiger partial charge in [-0.15, -0.1) is 0 Å². The van der Waals surface area contributed by atoms with Crippen molar-refractivity contribution in [3.8, 4) is 0 Å². The lowest BCUT2D eigenvalue weighted by atomic mass is 9.60. The molecule has 2 N–H and O–H groups in total. The van der Waals surface area contributed by atoms with Crippen LogP contribution in [-0.2, 0) is 16.8 Å². The molecule has 0 bridgehead atoms. The molecule has 1 spiro atoms. The number of hydrogen-bond acceptors (Lipinski definition) is 2. The molecule has 1 atom stereocenters. The van der Waals surface area contributed by atoms with E-state index in [4.69, 9.17) is 10.7 Å². The zero-order valence-electron chi connectivity index (χ0n) is 17.3. The summed E-state index contributed by atoms with van der Waals surface area (Å²) in [6.07, 6.45) is 2.07. The summed E-state index contributed by atoms with van der Waals surface area (Å²) in [4.78, 5) is 19.5. The Labute approximate surface area is 180 Å². The number of carbonyl (C=O) groups excluding carboxylic acids is 1. The zero-order valence-corrected chi connectivity index (χ0v) is 18.9. The van der Waals surface area contributed by atoms with Crippen molar-refractivity contribution in [3.63, 3.8) is 0 Å². The molecule has 1 unspecified atom stereocenters. The monoisotopic (exact) mass is 469 g/mol. The molecule has 1 fully saturated rings. The Bertz CT molecular complexity index is 790. The average molecular weight is 470 g/mol. The number of carbonyl (C=O) groups is 1. The number of guanidine groups is 1. The Balaban J connectivity index is 2.07. The predicted octanol–water partition coefficient (Wildman–Crippen LogP) is 4.89. The predicted molar refractivity (Wildman–Crippen MR) is 115 cm³/mol.